The van der Waals surface area contributed by atoms with Gasteiger partial charge >= 0.3 is 0 Å². The highest BCUT2D eigenvalue weighted by atomic mass is 32.2. The fourth-order valence-corrected chi connectivity index (χ4v) is 4.76. The first kappa shape index (κ1) is 22.2. The highest BCUT2D eigenvalue weighted by Crippen LogP contribution is 2.37. The van der Waals surface area contributed by atoms with Gasteiger partial charge in [-0.2, -0.15) is 0 Å². The normalized spacial score (nSPS) is 21.2. The standard InChI is InChI=1S/C25H31N3OS/c1-4-13-21(27(2)3)16-11-12-19-23-24(29)28(22-17-9-6-10-18-22)25(30-23)26-20-14-7-5-8-15-20/h4-5,7-8,11,13-16,19,22H,1,6,9-10,12,17-18H2,2-3H3/b16-11-,21-13+,23-19-,26-25-. The summed E-state index contributed by atoms with van der Waals surface area (Å²) in [5.41, 5.74) is 1.96. The second-order valence-corrected chi connectivity index (χ2v) is 8.74. The van der Waals surface area contributed by atoms with Gasteiger partial charge in [-0.1, -0.05) is 62.3 Å². The van der Waals surface area contributed by atoms with Crippen LogP contribution in [0.15, 0.2) is 82.9 Å². The summed E-state index contributed by atoms with van der Waals surface area (Å²) in [7, 11) is 4.01. The van der Waals surface area contributed by atoms with Gasteiger partial charge in [0.05, 0.1) is 10.6 Å². The first-order valence-electron chi connectivity index (χ1n) is 10.6. The zero-order valence-corrected chi connectivity index (χ0v) is 18.8. The number of rotatable bonds is 7. The van der Waals surface area contributed by atoms with E-state index in [9.17, 15) is 4.79 Å². The van der Waals surface area contributed by atoms with Gasteiger partial charge in [-0.15, -0.1) is 0 Å². The van der Waals surface area contributed by atoms with E-state index in [4.69, 9.17) is 4.99 Å². The van der Waals surface area contributed by atoms with E-state index in [1.165, 1.54) is 31.0 Å². The third kappa shape index (κ3) is 5.76. The molecule has 0 atom stereocenters. The molecule has 30 heavy (non-hydrogen) atoms. The van der Waals surface area contributed by atoms with Crippen molar-refractivity contribution < 1.29 is 4.79 Å². The van der Waals surface area contributed by atoms with Crippen LogP contribution in [0.3, 0.4) is 0 Å². The molecular formula is C25H31N3OS. The van der Waals surface area contributed by atoms with E-state index in [-0.39, 0.29) is 11.9 Å². The second kappa shape index (κ2) is 11.0. The first-order chi connectivity index (χ1) is 14.6. The number of para-hydroxylation sites is 1. The summed E-state index contributed by atoms with van der Waals surface area (Å²) in [5, 5.41) is 0.814. The monoisotopic (exact) mass is 421 g/mol. The Balaban J connectivity index is 1.79. The van der Waals surface area contributed by atoms with Crippen LogP contribution in [0.25, 0.3) is 0 Å². The summed E-state index contributed by atoms with van der Waals surface area (Å²) in [6.45, 7) is 3.76. The molecular weight excluding hydrogens is 390 g/mol. The van der Waals surface area contributed by atoms with Gasteiger partial charge < -0.3 is 4.90 Å². The zero-order chi connectivity index (χ0) is 21.3. The summed E-state index contributed by atoms with van der Waals surface area (Å²) in [6.07, 6.45) is 16.4. The fourth-order valence-electron chi connectivity index (χ4n) is 3.71. The van der Waals surface area contributed by atoms with Gasteiger partial charge in [0.1, 0.15) is 0 Å². The lowest BCUT2D eigenvalue weighted by atomic mass is 9.94. The molecule has 0 bridgehead atoms. The Hall–Kier alpha value is -2.53. The van der Waals surface area contributed by atoms with Crippen molar-refractivity contribution in [2.75, 3.05) is 14.1 Å². The van der Waals surface area contributed by atoms with Crippen molar-refractivity contribution in [3.05, 3.63) is 77.9 Å². The molecule has 1 saturated heterocycles. The molecule has 0 aromatic heterocycles. The summed E-state index contributed by atoms with van der Waals surface area (Å²) in [4.78, 5) is 22.8. The van der Waals surface area contributed by atoms with Gasteiger partial charge in [-0.3, -0.25) is 9.69 Å². The van der Waals surface area contributed by atoms with Crippen LogP contribution in [0, 0.1) is 0 Å². The predicted molar refractivity (Wildman–Crippen MR) is 129 cm³/mol. The minimum absolute atomic E-state index is 0.101. The quantitative estimate of drug-likeness (QED) is 0.397. The lowest BCUT2D eigenvalue weighted by Crippen LogP contribution is -2.40. The largest absolute Gasteiger partial charge is 0.378 e. The third-order valence-electron chi connectivity index (χ3n) is 5.29. The second-order valence-electron chi connectivity index (χ2n) is 7.73. The molecule has 1 aromatic rings. The molecule has 1 aliphatic carbocycles. The molecule has 5 heteroatoms. The Morgan fingerprint density at radius 3 is 2.63 bits per heavy atom. The molecule has 1 aliphatic heterocycles. The average molecular weight is 422 g/mol. The van der Waals surface area contributed by atoms with Crippen LogP contribution in [0.1, 0.15) is 38.5 Å². The van der Waals surface area contributed by atoms with Crippen LogP contribution < -0.4 is 0 Å². The van der Waals surface area contributed by atoms with E-state index in [0.717, 1.165) is 34.3 Å². The van der Waals surface area contributed by atoms with E-state index < -0.39 is 0 Å². The molecule has 158 valence electrons. The molecule has 0 unspecified atom stereocenters. The number of amidine groups is 1. The smallest absolute Gasteiger partial charge is 0.266 e. The molecule has 1 amide bonds. The minimum Gasteiger partial charge on any atom is -0.378 e. The summed E-state index contributed by atoms with van der Waals surface area (Å²) < 4.78 is 0. The molecule has 1 aromatic carbocycles. The van der Waals surface area contributed by atoms with Crippen LogP contribution >= 0.6 is 11.8 Å². The number of thioether (sulfide) groups is 1. The Morgan fingerprint density at radius 1 is 1.23 bits per heavy atom. The Kier molecular flexibility index (Phi) is 8.14. The van der Waals surface area contributed by atoms with Gasteiger partial charge in [0, 0.05) is 25.8 Å². The topological polar surface area (TPSA) is 35.9 Å². The first-order valence-corrected chi connectivity index (χ1v) is 11.4. The van der Waals surface area contributed by atoms with Crippen LogP contribution in [-0.4, -0.2) is 41.0 Å². The summed E-state index contributed by atoms with van der Waals surface area (Å²) in [6, 6.07) is 10.2. The van der Waals surface area contributed by atoms with E-state index in [2.05, 4.69) is 18.7 Å². The number of aliphatic imine (C=N–C) groups is 1. The van der Waals surface area contributed by atoms with Gasteiger partial charge in [0.15, 0.2) is 5.17 Å². The van der Waals surface area contributed by atoms with Crippen LogP contribution in [0.4, 0.5) is 5.69 Å². The van der Waals surface area contributed by atoms with Crippen LogP contribution in [-0.2, 0) is 4.79 Å². The van der Waals surface area contributed by atoms with Gasteiger partial charge in [0.25, 0.3) is 5.91 Å². The predicted octanol–water partition coefficient (Wildman–Crippen LogP) is 6.04. The maximum Gasteiger partial charge on any atom is 0.266 e. The summed E-state index contributed by atoms with van der Waals surface area (Å²) in [5.74, 6) is 0.101. The van der Waals surface area contributed by atoms with Crippen molar-refractivity contribution in [2.24, 2.45) is 4.99 Å². The number of carbonyl (C=O) groups is 1. The Bertz CT molecular complexity index is 862. The van der Waals surface area contributed by atoms with Gasteiger partial charge in [-0.05, 0) is 55.3 Å². The van der Waals surface area contributed by atoms with Crippen LogP contribution in [0.2, 0.25) is 0 Å². The number of hydrogen-bond acceptors (Lipinski definition) is 4. The maximum absolute atomic E-state index is 13.2. The van der Waals surface area contributed by atoms with Crippen molar-refractivity contribution in [3.63, 3.8) is 0 Å². The van der Waals surface area contributed by atoms with Crippen molar-refractivity contribution in [3.8, 4) is 0 Å². The Labute approximate surface area is 184 Å². The SMILES string of the molecule is C=C/C=C(\C=C/C/C=C1\S/C(=N\c2ccccc2)N(C2CCCCC2)C1=O)N(C)C. The third-order valence-corrected chi connectivity index (χ3v) is 6.32. The number of likely N-dealkylation sites (N-methyl/N-ethyl adjacent to an activating group) is 1. The summed E-state index contributed by atoms with van der Waals surface area (Å²) >= 11 is 1.50. The number of carbonyl (C=O) groups excluding carboxylic acids is 1. The van der Waals surface area contributed by atoms with Crippen molar-refractivity contribution in [1.29, 1.82) is 0 Å². The average Bonchev–Trinajstić information content (AvgIpc) is 3.06. The van der Waals surface area contributed by atoms with E-state index in [0.29, 0.717) is 6.42 Å². The molecule has 0 spiro atoms. The molecule has 1 saturated carbocycles. The van der Waals surface area contributed by atoms with Crippen molar-refractivity contribution >= 4 is 28.5 Å². The minimum atomic E-state index is 0.101. The highest BCUT2D eigenvalue weighted by molar-refractivity contribution is 8.18. The number of allylic oxidation sites excluding steroid dienone is 5. The fraction of sp³-hybridized carbons (Fsp3) is 0.360. The number of nitrogens with zero attached hydrogens (tertiary/aromatic N) is 3. The van der Waals surface area contributed by atoms with Gasteiger partial charge in [0.2, 0.25) is 0 Å². The number of benzene rings is 1. The zero-order valence-electron chi connectivity index (χ0n) is 18.0. The Morgan fingerprint density at radius 2 is 1.97 bits per heavy atom. The van der Waals surface area contributed by atoms with Crippen molar-refractivity contribution in [1.82, 2.24) is 9.80 Å². The van der Waals surface area contributed by atoms with E-state index >= 15 is 0 Å². The van der Waals surface area contributed by atoms with E-state index in [1.807, 2.05) is 66.4 Å². The number of amides is 1. The molecule has 2 fully saturated rings. The molecule has 4 nitrogen and oxygen atoms in total. The van der Waals surface area contributed by atoms with E-state index in [1.54, 1.807) is 6.08 Å². The van der Waals surface area contributed by atoms with Gasteiger partial charge in [-0.25, -0.2) is 4.99 Å². The lowest BCUT2D eigenvalue weighted by Gasteiger charge is -2.30. The molecule has 0 radical (unpaired) electrons. The maximum atomic E-state index is 13.2. The highest BCUT2D eigenvalue weighted by Gasteiger charge is 2.38. The van der Waals surface area contributed by atoms with Crippen molar-refractivity contribution in [2.45, 2.75) is 44.6 Å². The lowest BCUT2D eigenvalue weighted by molar-refractivity contribution is -0.124. The molecule has 1 heterocycles. The van der Waals surface area contributed by atoms with Crippen LogP contribution in [0.5, 0.6) is 0 Å². The molecule has 2 aliphatic rings. The number of hydrogen-bond donors (Lipinski definition) is 0. The molecule has 0 N–H and O–H groups in total. The molecule has 3 rings (SSSR count).